The maximum Gasteiger partial charge on any atom is 0.00964 e. The summed E-state index contributed by atoms with van der Waals surface area (Å²) in [5, 5.41) is 0. The summed E-state index contributed by atoms with van der Waals surface area (Å²) in [5.41, 5.74) is 7.54. The number of likely N-dealkylation sites (tertiary alicyclic amines) is 1. The van der Waals surface area contributed by atoms with E-state index in [-0.39, 0.29) is 0 Å². The van der Waals surface area contributed by atoms with E-state index in [0.29, 0.717) is 6.04 Å². The standard InChI is InChI=1S/C17H26N2/c18-16-6-8-17(9-7-16)19-12-10-15(11-13-19)14-4-2-1-3-5-14/h1-5,15-17H,6-13,18H2/t16-,17+. The molecular weight excluding hydrogens is 232 g/mol. The third-order valence-electron chi connectivity index (χ3n) is 5.06. The summed E-state index contributed by atoms with van der Waals surface area (Å²) in [4.78, 5) is 2.73. The smallest absolute Gasteiger partial charge is 0.00964 e. The van der Waals surface area contributed by atoms with Crippen LogP contribution in [0.4, 0.5) is 0 Å². The number of hydrogen-bond acceptors (Lipinski definition) is 2. The number of piperidine rings is 1. The fourth-order valence-electron chi connectivity index (χ4n) is 3.79. The second-order valence-corrected chi connectivity index (χ2v) is 6.29. The molecule has 2 fully saturated rings. The Kier molecular flexibility index (Phi) is 4.19. The van der Waals surface area contributed by atoms with Gasteiger partial charge in [-0.15, -0.1) is 0 Å². The van der Waals surface area contributed by atoms with Crippen LogP contribution in [0.25, 0.3) is 0 Å². The quantitative estimate of drug-likeness (QED) is 0.883. The lowest BCUT2D eigenvalue weighted by atomic mass is 9.86. The second-order valence-electron chi connectivity index (χ2n) is 6.29. The molecule has 1 heterocycles. The minimum atomic E-state index is 0.470. The SMILES string of the molecule is N[C@H]1CC[C@@H](N2CCC(c3ccccc3)CC2)CC1. The van der Waals surface area contributed by atoms with Gasteiger partial charge in [-0.05, 0) is 63.1 Å². The molecule has 0 bridgehead atoms. The zero-order valence-electron chi connectivity index (χ0n) is 11.8. The van der Waals surface area contributed by atoms with Crippen molar-refractivity contribution in [1.82, 2.24) is 4.90 Å². The number of benzene rings is 1. The second kappa shape index (κ2) is 6.06. The normalized spacial score (nSPS) is 30.4. The van der Waals surface area contributed by atoms with Crippen LogP contribution in [-0.2, 0) is 0 Å². The van der Waals surface area contributed by atoms with Gasteiger partial charge in [0, 0.05) is 12.1 Å². The highest BCUT2D eigenvalue weighted by atomic mass is 15.2. The van der Waals surface area contributed by atoms with E-state index in [1.54, 1.807) is 0 Å². The van der Waals surface area contributed by atoms with Crippen molar-refractivity contribution in [2.75, 3.05) is 13.1 Å². The van der Waals surface area contributed by atoms with Crippen molar-refractivity contribution in [3.63, 3.8) is 0 Å². The van der Waals surface area contributed by atoms with E-state index in [0.717, 1.165) is 12.0 Å². The molecule has 19 heavy (non-hydrogen) atoms. The van der Waals surface area contributed by atoms with Gasteiger partial charge in [-0.3, -0.25) is 0 Å². The molecule has 1 aromatic rings. The summed E-state index contributed by atoms with van der Waals surface area (Å²) in [6.45, 7) is 2.55. The molecule has 2 aliphatic rings. The fourth-order valence-corrected chi connectivity index (χ4v) is 3.79. The van der Waals surface area contributed by atoms with Gasteiger partial charge < -0.3 is 10.6 Å². The zero-order valence-corrected chi connectivity index (χ0v) is 11.8. The van der Waals surface area contributed by atoms with Crippen LogP contribution in [0.1, 0.15) is 50.0 Å². The molecule has 0 spiro atoms. The molecule has 0 aromatic heterocycles. The van der Waals surface area contributed by atoms with E-state index in [9.17, 15) is 0 Å². The van der Waals surface area contributed by atoms with E-state index in [4.69, 9.17) is 5.73 Å². The van der Waals surface area contributed by atoms with Gasteiger partial charge in [0.05, 0.1) is 0 Å². The third-order valence-corrected chi connectivity index (χ3v) is 5.06. The molecule has 104 valence electrons. The number of nitrogens with two attached hydrogens (primary N) is 1. The Labute approximate surface area is 117 Å². The Hall–Kier alpha value is -0.860. The minimum absolute atomic E-state index is 0.470. The molecule has 1 aliphatic heterocycles. The van der Waals surface area contributed by atoms with Crippen molar-refractivity contribution in [3.8, 4) is 0 Å². The zero-order chi connectivity index (χ0) is 13.1. The van der Waals surface area contributed by atoms with Crippen LogP contribution < -0.4 is 5.73 Å². The van der Waals surface area contributed by atoms with E-state index in [1.165, 1.54) is 57.2 Å². The van der Waals surface area contributed by atoms with Gasteiger partial charge in [0.25, 0.3) is 0 Å². The van der Waals surface area contributed by atoms with Gasteiger partial charge in [-0.2, -0.15) is 0 Å². The molecule has 0 atom stereocenters. The van der Waals surface area contributed by atoms with Crippen molar-refractivity contribution in [3.05, 3.63) is 35.9 Å². The monoisotopic (exact) mass is 258 g/mol. The van der Waals surface area contributed by atoms with Gasteiger partial charge in [-0.25, -0.2) is 0 Å². The topological polar surface area (TPSA) is 29.3 Å². The number of rotatable bonds is 2. The van der Waals surface area contributed by atoms with Crippen molar-refractivity contribution < 1.29 is 0 Å². The Morgan fingerprint density at radius 1 is 0.842 bits per heavy atom. The van der Waals surface area contributed by atoms with Crippen LogP contribution >= 0.6 is 0 Å². The molecule has 3 rings (SSSR count). The minimum Gasteiger partial charge on any atom is -0.328 e. The van der Waals surface area contributed by atoms with Crippen LogP contribution in [0.15, 0.2) is 30.3 Å². The highest BCUT2D eigenvalue weighted by Gasteiger charge is 2.28. The van der Waals surface area contributed by atoms with Crippen molar-refractivity contribution in [1.29, 1.82) is 0 Å². The lowest BCUT2D eigenvalue weighted by molar-refractivity contribution is 0.117. The van der Waals surface area contributed by atoms with E-state index in [2.05, 4.69) is 35.2 Å². The number of nitrogens with zero attached hydrogens (tertiary/aromatic N) is 1. The van der Waals surface area contributed by atoms with Gasteiger partial charge in [0.1, 0.15) is 0 Å². The summed E-state index contributed by atoms with van der Waals surface area (Å²) in [5.74, 6) is 0.781. The van der Waals surface area contributed by atoms with Gasteiger partial charge >= 0.3 is 0 Å². The van der Waals surface area contributed by atoms with E-state index in [1.807, 2.05) is 0 Å². The summed E-state index contributed by atoms with van der Waals surface area (Å²) in [6, 6.07) is 12.3. The lowest BCUT2D eigenvalue weighted by Gasteiger charge is -2.40. The van der Waals surface area contributed by atoms with Crippen LogP contribution in [0.3, 0.4) is 0 Å². The largest absolute Gasteiger partial charge is 0.328 e. The molecule has 1 saturated carbocycles. The Balaban J connectivity index is 1.52. The first-order chi connectivity index (χ1) is 9.33. The van der Waals surface area contributed by atoms with Crippen LogP contribution in [0, 0.1) is 0 Å². The van der Waals surface area contributed by atoms with Crippen LogP contribution in [0.5, 0.6) is 0 Å². The van der Waals surface area contributed by atoms with E-state index < -0.39 is 0 Å². The predicted molar refractivity (Wildman–Crippen MR) is 80.2 cm³/mol. The van der Waals surface area contributed by atoms with Gasteiger partial charge in [0.15, 0.2) is 0 Å². The Morgan fingerprint density at radius 3 is 2.11 bits per heavy atom. The molecule has 1 aliphatic carbocycles. The molecule has 2 nitrogen and oxygen atoms in total. The van der Waals surface area contributed by atoms with Crippen molar-refractivity contribution in [2.24, 2.45) is 5.73 Å². The molecule has 0 radical (unpaired) electrons. The maximum absolute atomic E-state index is 6.01. The molecule has 0 amide bonds. The Bertz CT molecular complexity index is 374. The molecule has 2 N–H and O–H groups in total. The van der Waals surface area contributed by atoms with Gasteiger partial charge in [-0.1, -0.05) is 30.3 Å². The summed E-state index contributed by atoms with van der Waals surface area (Å²) >= 11 is 0. The highest BCUT2D eigenvalue weighted by molar-refractivity contribution is 5.20. The average molecular weight is 258 g/mol. The molecule has 2 heteroatoms. The summed E-state index contributed by atoms with van der Waals surface area (Å²) in [7, 11) is 0. The van der Waals surface area contributed by atoms with Crippen molar-refractivity contribution >= 4 is 0 Å². The first-order valence-corrected chi connectivity index (χ1v) is 7.87. The average Bonchev–Trinajstić information content (AvgIpc) is 2.49. The molecule has 0 unspecified atom stereocenters. The third kappa shape index (κ3) is 3.18. The highest BCUT2D eigenvalue weighted by Crippen LogP contribution is 2.31. The summed E-state index contributed by atoms with van der Waals surface area (Å²) in [6.07, 6.45) is 7.74. The Morgan fingerprint density at radius 2 is 1.47 bits per heavy atom. The number of hydrogen-bond donors (Lipinski definition) is 1. The first kappa shape index (κ1) is 13.1. The van der Waals surface area contributed by atoms with Crippen LogP contribution in [0.2, 0.25) is 0 Å². The van der Waals surface area contributed by atoms with E-state index >= 15 is 0 Å². The van der Waals surface area contributed by atoms with Gasteiger partial charge in [0.2, 0.25) is 0 Å². The predicted octanol–water partition coefficient (Wildman–Crippen LogP) is 3.14. The maximum atomic E-state index is 6.01. The fraction of sp³-hybridized carbons (Fsp3) is 0.647. The van der Waals surface area contributed by atoms with Crippen LogP contribution in [-0.4, -0.2) is 30.1 Å². The molecule has 1 aromatic carbocycles. The lowest BCUT2D eigenvalue weighted by Crippen LogP contribution is -2.44. The summed E-state index contributed by atoms with van der Waals surface area (Å²) < 4.78 is 0. The first-order valence-electron chi connectivity index (χ1n) is 7.87. The van der Waals surface area contributed by atoms with Crippen molar-refractivity contribution in [2.45, 2.75) is 56.5 Å². The molecule has 1 saturated heterocycles. The molecular formula is C17H26N2.